The number of hydrogen-bond donors (Lipinski definition) is 0. The highest BCUT2D eigenvalue weighted by molar-refractivity contribution is 7.89. The van der Waals surface area contributed by atoms with Crippen molar-refractivity contribution in [3.05, 3.63) is 18.2 Å². The van der Waals surface area contributed by atoms with E-state index >= 15 is 0 Å². The van der Waals surface area contributed by atoms with Gasteiger partial charge in [0.2, 0.25) is 5.88 Å². The fraction of sp³-hybridized carbons (Fsp3) is 0.444. The first-order valence-electron chi connectivity index (χ1n) is 4.99. The fourth-order valence-corrected chi connectivity index (χ4v) is 2.59. The van der Waals surface area contributed by atoms with E-state index in [0.717, 1.165) is 10.6 Å². The van der Waals surface area contributed by atoms with Crippen LogP contribution in [0.5, 0.6) is 5.88 Å². The molecule has 1 aromatic rings. The molecule has 1 rings (SSSR count). The molecule has 0 bridgehead atoms. The topological polar surface area (TPSA) is 93.6 Å². The van der Waals surface area contributed by atoms with Crippen molar-refractivity contribution in [3.8, 4) is 5.88 Å². The summed E-state index contributed by atoms with van der Waals surface area (Å²) in [5, 5.41) is -0.256. The van der Waals surface area contributed by atoms with Crippen LogP contribution in [0.4, 0.5) is 0 Å². The third-order valence-electron chi connectivity index (χ3n) is 2.05. The Morgan fingerprint density at radius 1 is 1.28 bits per heavy atom. The first kappa shape index (κ1) is 14.9. The monoisotopic (exact) mass is 294 g/mol. The summed E-state index contributed by atoms with van der Waals surface area (Å²) in [6, 6.07) is 3.91. The molecule has 0 aromatic carbocycles. The van der Waals surface area contributed by atoms with Gasteiger partial charge in [-0.05, 0) is 6.07 Å². The first-order chi connectivity index (χ1) is 8.16. The Labute approximate surface area is 107 Å². The van der Waals surface area contributed by atoms with Crippen LogP contribution in [-0.2, 0) is 20.1 Å². The van der Waals surface area contributed by atoms with E-state index in [1.807, 2.05) is 0 Å². The third kappa shape index (κ3) is 3.65. The summed E-state index contributed by atoms with van der Waals surface area (Å²) in [5.74, 6) is -0.275. The molecule has 9 heteroatoms. The molecule has 0 fully saturated rings. The zero-order valence-electron chi connectivity index (χ0n) is 10.2. The smallest absolute Gasteiger partial charge is 0.307 e. The first-order valence-corrected chi connectivity index (χ1v) is 8.25. The van der Waals surface area contributed by atoms with E-state index in [0.29, 0.717) is 0 Å². The molecule has 1 heterocycles. The number of aromatic nitrogens is 1. The Kier molecular flexibility index (Phi) is 4.30. The molecule has 0 aliphatic rings. The van der Waals surface area contributed by atoms with Gasteiger partial charge in [0.1, 0.15) is 0 Å². The fourth-order valence-electron chi connectivity index (χ4n) is 1.07. The van der Waals surface area contributed by atoms with E-state index in [2.05, 4.69) is 9.17 Å². The molecule has 102 valence electrons. The summed E-state index contributed by atoms with van der Waals surface area (Å²) in [6.07, 6.45) is 0.855. The lowest BCUT2D eigenvalue weighted by molar-refractivity contribution is 0.468. The molecule has 0 amide bonds. The lowest BCUT2D eigenvalue weighted by Gasteiger charge is -2.14. The Morgan fingerprint density at radius 2 is 1.89 bits per heavy atom. The molecule has 0 aliphatic carbocycles. The Bertz CT molecular complexity index is 624. The molecule has 0 spiro atoms. The van der Waals surface area contributed by atoms with E-state index in [9.17, 15) is 16.8 Å². The van der Waals surface area contributed by atoms with Crippen molar-refractivity contribution in [3.63, 3.8) is 0 Å². The number of nitrogens with zero attached hydrogens (tertiary/aromatic N) is 2. The van der Waals surface area contributed by atoms with Crippen LogP contribution in [0, 0.1) is 0 Å². The quantitative estimate of drug-likeness (QED) is 0.713. The highest BCUT2D eigenvalue weighted by Crippen LogP contribution is 2.16. The normalized spacial score (nSPS) is 12.7. The molecule has 1 aromatic heterocycles. The van der Waals surface area contributed by atoms with E-state index < -0.39 is 20.1 Å². The van der Waals surface area contributed by atoms with Gasteiger partial charge in [-0.2, -0.15) is 17.7 Å². The average Bonchev–Trinajstić information content (AvgIpc) is 2.26. The number of sulfonamides is 1. The minimum atomic E-state index is -3.74. The van der Waals surface area contributed by atoms with E-state index in [-0.39, 0.29) is 17.5 Å². The van der Waals surface area contributed by atoms with Crippen molar-refractivity contribution in [1.29, 1.82) is 0 Å². The molecule has 0 radical (unpaired) electrons. The maximum Gasteiger partial charge on any atom is 0.307 e. The molecule has 0 saturated carbocycles. The Balaban J connectivity index is 3.18. The van der Waals surface area contributed by atoms with Crippen molar-refractivity contribution < 1.29 is 21.0 Å². The average molecular weight is 294 g/mol. The van der Waals surface area contributed by atoms with Gasteiger partial charge >= 0.3 is 10.1 Å². The number of rotatable bonds is 5. The molecule has 0 saturated heterocycles. The van der Waals surface area contributed by atoms with Gasteiger partial charge in [0.05, 0.1) is 6.26 Å². The lowest BCUT2D eigenvalue weighted by Crippen LogP contribution is -2.27. The third-order valence-corrected chi connectivity index (χ3v) is 4.36. The highest BCUT2D eigenvalue weighted by atomic mass is 32.2. The van der Waals surface area contributed by atoms with Gasteiger partial charge in [-0.25, -0.2) is 8.42 Å². The number of hydrogen-bond acceptors (Lipinski definition) is 6. The van der Waals surface area contributed by atoms with Crippen LogP contribution in [0.2, 0.25) is 0 Å². The van der Waals surface area contributed by atoms with Gasteiger partial charge in [-0.1, -0.05) is 13.0 Å². The largest absolute Gasteiger partial charge is 0.362 e. The summed E-state index contributed by atoms with van der Waals surface area (Å²) in [6.45, 7) is 1.95. The van der Waals surface area contributed by atoms with Gasteiger partial charge < -0.3 is 4.18 Å². The zero-order valence-corrected chi connectivity index (χ0v) is 11.8. The second-order valence-corrected chi connectivity index (χ2v) is 7.09. The minimum Gasteiger partial charge on any atom is -0.362 e. The standard InChI is InChI=1S/C9H14N2O5S2/c1-4-11(2)18(14,15)9-7-5-6-8(10-9)16-17(3,12)13/h5-7H,4H2,1-3H3. The maximum atomic E-state index is 11.9. The van der Waals surface area contributed by atoms with Crippen LogP contribution in [0.15, 0.2) is 23.2 Å². The van der Waals surface area contributed by atoms with Gasteiger partial charge in [-0.3, -0.25) is 0 Å². The molecule has 18 heavy (non-hydrogen) atoms. The minimum absolute atomic E-state index is 0.256. The number of pyridine rings is 1. The maximum absolute atomic E-state index is 11.9. The second-order valence-electron chi connectivity index (χ2n) is 3.52. The van der Waals surface area contributed by atoms with Crippen LogP contribution in [0.3, 0.4) is 0 Å². The summed E-state index contributed by atoms with van der Waals surface area (Å²) >= 11 is 0. The Hall–Kier alpha value is -1.19. The van der Waals surface area contributed by atoms with Crippen molar-refractivity contribution in [2.45, 2.75) is 11.9 Å². The second kappa shape index (κ2) is 5.21. The van der Waals surface area contributed by atoms with Crippen LogP contribution in [0.1, 0.15) is 6.92 Å². The molecule has 7 nitrogen and oxygen atoms in total. The van der Waals surface area contributed by atoms with Crippen molar-refractivity contribution in [2.24, 2.45) is 0 Å². The molecule has 0 aliphatic heterocycles. The molecule has 0 unspecified atom stereocenters. The summed E-state index contributed by atoms with van der Waals surface area (Å²) < 4.78 is 51.4. The summed E-state index contributed by atoms with van der Waals surface area (Å²) in [4.78, 5) is 3.67. The lowest BCUT2D eigenvalue weighted by atomic mass is 10.5. The van der Waals surface area contributed by atoms with E-state index in [1.54, 1.807) is 6.92 Å². The highest BCUT2D eigenvalue weighted by Gasteiger charge is 2.21. The van der Waals surface area contributed by atoms with Gasteiger partial charge in [0.25, 0.3) is 10.0 Å². The summed E-state index contributed by atoms with van der Waals surface area (Å²) in [7, 11) is -6.05. The molecular weight excluding hydrogens is 280 g/mol. The van der Waals surface area contributed by atoms with Crippen molar-refractivity contribution in [1.82, 2.24) is 9.29 Å². The Morgan fingerprint density at radius 3 is 2.39 bits per heavy atom. The van der Waals surface area contributed by atoms with E-state index in [4.69, 9.17) is 0 Å². The molecular formula is C9H14N2O5S2. The van der Waals surface area contributed by atoms with Crippen LogP contribution in [0.25, 0.3) is 0 Å². The van der Waals surface area contributed by atoms with Crippen LogP contribution >= 0.6 is 0 Å². The van der Waals surface area contributed by atoms with Gasteiger partial charge in [0.15, 0.2) is 5.03 Å². The molecule has 0 N–H and O–H groups in total. The van der Waals surface area contributed by atoms with Crippen molar-refractivity contribution >= 4 is 20.1 Å². The summed E-state index contributed by atoms with van der Waals surface area (Å²) in [5.41, 5.74) is 0. The predicted octanol–water partition coefficient (Wildman–Crippen LogP) is 0.0604. The predicted molar refractivity (Wildman–Crippen MR) is 65.2 cm³/mol. The van der Waals surface area contributed by atoms with Crippen LogP contribution in [-0.4, -0.2) is 46.0 Å². The van der Waals surface area contributed by atoms with Crippen molar-refractivity contribution in [2.75, 3.05) is 19.8 Å². The van der Waals surface area contributed by atoms with E-state index in [1.165, 1.54) is 25.2 Å². The van der Waals surface area contributed by atoms with Crippen LogP contribution < -0.4 is 4.18 Å². The van der Waals surface area contributed by atoms with Gasteiger partial charge in [0, 0.05) is 19.7 Å². The zero-order chi connectivity index (χ0) is 14.0. The SMILES string of the molecule is CCN(C)S(=O)(=O)c1cccc(OS(C)(=O)=O)n1. The van der Waals surface area contributed by atoms with Gasteiger partial charge in [-0.15, -0.1) is 0 Å². The molecule has 0 atom stereocenters.